The van der Waals surface area contributed by atoms with Crippen LogP contribution in [0.3, 0.4) is 0 Å². The van der Waals surface area contributed by atoms with Crippen LogP contribution in [0.2, 0.25) is 0 Å². The molecular formula is C14H18N2O2. The molecule has 0 radical (unpaired) electrons. The Morgan fingerprint density at radius 3 is 2.56 bits per heavy atom. The highest BCUT2D eigenvalue weighted by molar-refractivity contribution is 5.77. The number of aryl methyl sites for hydroxylation is 1. The Kier molecular flexibility index (Phi) is 5.64. The number of nitrogens with zero attached hydrogens (tertiary/aromatic N) is 2. The molecule has 4 nitrogen and oxygen atoms in total. The van der Waals surface area contributed by atoms with Crippen LogP contribution in [0.5, 0.6) is 0 Å². The minimum atomic E-state index is 0.0281. The Balaban J connectivity index is 2.55. The van der Waals surface area contributed by atoms with Gasteiger partial charge in [0.05, 0.1) is 5.69 Å². The monoisotopic (exact) mass is 246 g/mol. The molecule has 1 rings (SSSR count). The Hall–Kier alpha value is -2.10. The maximum Gasteiger partial charge on any atom is 0.224 e. The number of hydrogen-bond donors (Lipinski definition) is 0. The predicted molar refractivity (Wildman–Crippen MR) is 71.4 cm³/mol. The summed E-state index contributed by atoms with van der Waals surface area (Å²) in [6.45, 7) is 8.77. The van der Waals surface area contributed by atoms with Crippen molar-refractivity contribution in [1.82, 2.24) is 9.47 Å². The van der Waals surface area contributed by atoms with Crippen LogP contribution < -0.4 is 0 Å². The number of aldehydes is 1. The van der Waals surface area contributed by atoms with Crippen LogP contribution >= 0.6 is 0 Å². The van der Waals surface area contributed by atoms with Gasteiger partial charge in [-0.3, -0.25) is 9.59 Å². The molecule has 0 spiro atoms. The van der Waals surface area contributed by atoms with Crippen molar-refractivity contribution in [2.75, 3.05) is 13.1 Å². The highest BCUT2D eigenvalue weighted by Gasteiger charge is 2.11. The van der Waals surface area contributed by atoms with Crippen LogP contribution in [0.4, 0.5) is 0 Å². The molecule has 0 aliphatic heterocycles. The van der Waals surface area contributed by atoms with E-state index in [9.17, 15) is 9.59 Å². The smallest absolute Gasteiger partial charge is 0.224 e. The van der Waals surface area contributed by atoms with Crippen molar-refractivity contribution in [1.29, 1.82) is 0 Å². The minimum Gasteiger partial charge on any atom is -0.345 e. The molecule has 1 amide bonds. The van der Waals surface area contributed by atoms with Gasteiger partial charge in [-0.25, -0.2) is 0 Å². The average molecular weight is 246 g/mol. The van der Waals surface area contributed by atoms with E-state index in [0.29, 0.717) is 31.7 Å². The topological polar surface area (TPSA) is 42.3 Å². The van der Waals surface area contributed by atoms with Gasteiger partial charge in [0, 0.05) is 32.3 Å². The molecular weight excluding hydrogens is 228 g/mol. The predicted octanol–water partition coefficient (Wildman–Crippen LogP) is 1.89. The fraction of sp³-hybridized carbons (Fsp3) is 0.286. The van der Waals surface area contributed by atoms with Gasteiger partial charge in [0.2, 0.25) is 5.91 Å². The largest absolute Gasteiger partial charge is 0.345 e. The lowest BCUT2D eigenvalue weighted by Crippen LogP contribution is -2.31. The van der Waals surface area contributed by atoms with Gasteiger partial charge >= 0.3 is 0 Å². The van der Waals surface area contributed by atoms with E-state index in [0.717, 1.165) is 6.29 Å². The Morgan fingerprint density at radius 1 is 1.33 bits per heavy atom. The first-order valence-corrected chi connectivity index (χ1v) is 5.82. The molecule has 1 aromatic rings. The molecule has 0 N–H and O–H groups in total. The van der Waals surface area contributed by atoms with Crippen molar-refractivity contribution in [2.24, 2.45) is 0 Å². The summed E-state index contributed by atoms with van der Waals surface area (Å²) in [4.78, 5) is 24.3. The third-order valence-electron chi connectivity index (χ3n) is 2.60. The first-order chi connectivity index (χ1) is 8.72. The zero-order valence-electron chi connectivity index (χ0n) is 10.4. The third kappa shape index (κ3) is 3.73. The summed E-state index contributed by atoms with van der Waals surface area (Å²) in [5.41, 5.74) is 0.585. The number of carbonyl (C=O) groups excluding carboxylic acids is 2. The van der Waals surface area contributed by atoms with Gasteiger partial charge < -0.3 is 9.47 Å². The van der Waals surface area contributed by atoms with Crippen molar-refractivity contribution in [3.63, 3.8) is 0 Å². The van der Waals surface area contributed by atoms with Crippen molar-refractivity contribution < 1.29 is 9.59 Å². The molecule has 0 aromatic carbocycles. The quantitative estimate of drug-likeness (QED) is 0.519. The Morgan fingerprint density at radius 2 is 2.00 bits per heavy atom. The van der Waals surface area contributed by atoms with Gasteiger partial charge in [-0.15, -0.1) is 13.2 Å². The second-order valence-corrected chi connectivity index (χ2v) is 3.87. The number of rotatable bonds is 8. The van der Waals surface area contributed by atoms with Gasteiger partial charge in [-0.05, 0) is 12.1 Å². The Bertz CT molecular complexity index is 425. The van der Waals surface area contributed by atoms with E-state index < -0.39 is 0 Å². The normalized spacial score (nSPS) is 9.78. The molecule has 0 bridgehead atoms. The third-order valence-corrected chi connectivity index (χ3v) is 2.60. The highest BCUT2D eigenvalue weighted by atomic mass is 16.2. The van der Waals surface area contributed by atoms with Gasteiger partial charge in [0.25, 0.3) is 0 Å². The molecule has 0 saturated carbocycles. The van der Waals surface area contributed by atoms with Gasteiger partial charge in [0.15, 0.2) is 6.29 Å². The van der Waals surface area contributed by atoms with E-state index >= 15 is 0 Å². The van der Waals surface area contributed by atoms with Crippen molar-refractivity contribution >= 4 is 12.2 Å². The fourth-order valence-electron chi connectivity index (χ4n) is 1.70. The van der Waals surface area contributed by atoms with Crippen LogP contribution in [-0.2, 0) is 11.3 Å². The summed E-state index contributed by atoms with van der Waals surface area (Å²) in [6.07, 6.45) is 6.32. The van der Waals surface area contributed by atoms with Crippen LogP contribution in [0.25, 0.3) is 0 Å². The Labute approximate surface area is 107 Å². The number of carbonyl (C=O) groups is 2. The summed E-state index contributed by atoms with van der Waals surface area (Å²) in [5.74, 6) is 0.0281. The standard InChI is InChI=1S/C14H18N2O2/c1-3-8-16(9-4-2)14(18)7-11-15-10-5-6-13(15)12-17/h3-6,10,12H,1-2,7-9,11H2. The van der Waals surface area contributed by atoms with E-state index in [1.807, 2.05) is 0 Å². The molecule has 0 aliphatic carbocycles. The molecule has 18 heavy (non-hydrogen) atoms. The molecule has 96 valence electrons. The molecule has 0 aliphatic rings. The fourth-order valence-corrected chi connectivity index (χ4v) is 1.70. The lowest BCUT2D eigenvalue weighted by Gasteiger charge is -2.19. The first-order valence-electron chi connectivity index (χ1n) is 5.82. The van der Waals surface area contributed by atoms with Gasteiger partial charge in [-0.2, -0.15) is 0 Å². The zero-order valence-corrected chi connectivity index (χ0v) is 10.4. The number of amides is 1. The molecule has 0 fully saturated rings. The van der Waals surface area contributed by atoms with E-state index in [-0.39, 0.29) is 5.91 Å². The SMILES string of the molecule is C=CCN(CC=C)C(=O)CCn1cccc1C=O. The van der Waals surface area contributed by atoms with Crippen molar-refractivity contribution in [3.8, 4) is 0 Å². The molecule has 0 atom stereocenters. The lowest BCUT2D eigenvalue weighted by atomic mass is 10.3. The summed E-state index contributed by atoms with van der Waals surface area (Å²) in [7, 11) is 0. The maximum absolute atomic E-state index is 11.9. The summed E-state index contributed by atoms with van der Waals surface area (Å²) >= 11 is 0. The average Bonchev–Trinajstić information content (AvgIpc) is 2.83. The maximum atomic E-state index is 11.9. The minimum absolute atomic E-state index is 0.0281. The second-order valence-electron chi connectivity index (χ2n) is 3.87. The van der Waals surface area contributed by atoms with E-state index in [1.165, 1.54) is 0 Å². The summed E-state index contributed by atoms with van der Waals surface area (Å²) in [6, 6.07) is 3.52. The second kappa shape index (κ2) is 7.27. The van der Waals surface area contributed by atoms with Crippen LogP contribution in [-0.4, -0.2) is 34.7 Å². The van der Waals surface area contributed by atoms with E-state index in [2.05, 4.69) is 13.2 Å². The van der Waals surface area contributed by atoms with Crippen LogP contribution in [0, 0.1) is 0 Å². The van der Waals surface area contributed by atoms with E-state index in [4.69, 9.17) is 0 Å². The molecule has 1 aromatic heterocycles. The van der Waals surface area contributed by atoms with Gasteiger partial charge in [0.1, 0.15) is 0 Å². The van der Waals surface area contributed by atoms with Gasteiger partial charge in [-0.1, -0.05) is 12.2 Å². The van der Waals surface area contributed by atoms with Crippen molar-refractivity contribution in [2.45, 2.75) is 13.0 Å². The zero-order chi connectivity index (χ0) is 13.4. The van der Waals surface area contributed by atoms with Crippen LogP contribution in [0.15, 0.2) is 43.6 Å². The molecule has 1 heterocycles. The number of aromatic nitrogens is 1. The molecule has 4 heteroatoms. The summed E-state index contributed by atoms with van der Waals surface area (Å²) in [5, 5.41) is 0. The first kappa shape index (κ1) is 14.0. The molecule has 0 unspecified atom stereocenters. The lowest BCUT2D eigenvalue weighted by molar-refractivity contribution is -0.130. The summed E-state index contributed by atoms with van der Waals surface area (Å²) < 4.78 is 1.77. The molecule has 0 saturated heterocycles. The van der Waals surface area contributed by atoms with Crippen molar-refractivity contribution in [3.05, 3.63) is 49.3 Å². The van der Waals surface area contributed by atoms with E-state index in [1.54, 1.807) is 39.9 Å². The van der Waals surface area contributed by atoms with Crippen LogP contribution in [0.1, 0.15) is 16.9 Å². The highest BCUT2D eigenvalue weighted by Crippen LogP contribution is 2.03. The number of hydrogen-bond acceptors (Lipinski definition) is 2.